The average molecular weight is 368 g/mol. The molecule has 0 radical (unpaired) electrons. The SMILES string of the molecule is CCOC(=O)C1(c2nc3cc(Br)ccc3s2)CCCCC1. The first kappa shape index (κ1) is 15.0. The number of fused-ring (bicyclic) bond motifs is 1. The van der Waals surface area contributed by atoms with E-state index in [1.807, 2.05) is 19.1 Å². The highest BCUT2D eigenvalue weighted by molar-refractivity contribution is 9.10. The largest absolute Gasteiger partial charge is 0.465 e. The second-order valence-electron chi connectivity index (χ2n) is 5.49. The minimum atomic E-state index is -0.523. The smallest absolute Gasteiger partial charge is 0.319 e. The number of carbonyl (C=O) groups excluding carboxylic acids is 1. The van der Waals surface area contributed by atoms with E-state index in [9.17, 15) is 4.79 Å². The molecule has 0 N–H and O–H groups in total. The van der Waals surface area contributed by atoms with Gasteiger partial charge in [-0.3, -0.25) is 4.79 Å². The number of hydrogen-bond donors (Lipinski definition) is 0. The average Bonchev–Trinajstić information content (AvgIpc) is 2.91. The first-order chi connectivity index (χ1) is 10.2. The number of benzene rings is 1. The normalized spacial score (nSPS) is 17.8. The summed E-state index contributed by atoms with van der Waals surface area (Å²) in [6, 6.07) is 6.08. The first-order valence-corrected chi connectivity index (χ1v) is 9.00. The summed E-state index contributed by atoms with van der Waals surface area (Å²) in [6.07, 6.45) is 5.04. The maximum absolute atomic E-state index is 12.6. The van der Waals surface area contributed by atoms with Crippen LogP contribution < -0.4 is 0 Å². The molecule has 0 bridgehead atoms. The Balaban J connectivity index is 2.07. The second-order valence-corrected chi connectivity index (χ2v) is 7.44. The third-order valence-electron chi connectivity index (χ3n) is 4.13. The van der Waals surface area contributed by atoms with E-state index in [4.69, 9.17) is 9.72 Å². The van der Waals surface area contributed by atoms with Gasteiger partial charge in [-0.25, -0.2) is 4.98 Å². The van der Waals surface area contributed by atoms with Gasteiger partial charge in [0.05, 0.1) is 16.8 Å². The number of rotatable bonds is 3. The number of thiazole rings is 1. The fourth-order valence-electron chi connectivity index (χ4n) is 3.04. The molecule has 112 valence electrons. The van der Waals surface area contributed by atoms with Crippen LogP contribution in [0.3, 0.4) is 0 Å². The van der Waals surface area contributed by atoms with Crippen molar-refractivity contribution in [1.29, 1.82) is 0 Å². The molecule has 0 spiro atoms. The number of halogens is 1. The van der Waals surface area contributed by atoms with Crippen molar-refractivity contribution in [3.8, 4) is 0 Å². The van der Waals surface area contributed by atoms with Gasteiger partial charge in [0.1, 0.15) is 10.4 Å². The molecule has 1 aliphatic carbocycles. The summed E-state index contributed by atoms with van der Waals surface area (Å²) < 4.78 is 7.52. The quantitative estimate of drug-likeness (QED) is 0.729. The van der Waals surface area contributed by atoms with E-state index in [-0.39, 0.29) is 5.97 Å². The van der Waals surface area contributed by atoms with Gasteiger partial charge in [-0.1, -0.05) is 35.2 Å². The zero-order chi connectivity index (χ0) is 14.9. The molecule has 1 aliphatic rings. The van der Waals surface area contributed by atoms with Crippen LogP contribution in [0.4, 0.5) is 0 Å². The van der Waals surface area contributed by atoms with Crippen molar-refractivity contribution in [2.24, 2.45) is 0 Å². The lowest BCUT2D eigenvalue weighted by Crippen LogP contribution is -2.39. The summed E-state index contributed by atoms with van der Waals surface area (Å²) >= 11 is 5.11. The lowest BCUT2D eigenvalue weighted by atomic mass is 9.74. The van der Waals surface area contributed by atoms with E-state index in [1.54, 1.807) is 11.3 Å². The summed E-state index contributed by atoms with van der Waals surface area (Å²) in [4.78, 5) is 17.4. The zero-order valence-corrected chi connectivity index (χ0v) is 14.4. The molecule has 1 heterocycles. The molecule has 0 saturated heterocycles. The van der Waals surface area contributed by atoms with Crippen LogP contribution in [0.5, 0.6) is 0 Å². The molecule has 1 aromatic heterocycles. The van der Waals surface area contributed by atoms with Gasteiger partial charge in [0.25, 0.3) is 0 Å². The molecule has 0 aliphatic heterocycles. The third kappa shape index (κ3) is 2.73. The van der Waals surface area contributed by atoms with Crippen LogP contribution in [0.1, 0.15) is 44.0 Å². The van der Waals surface area contributed by atoms with Crippen molar-refractivity contribution < 1.29 is 9.53 Å². The van der Waals surface area contributed by atoms with Gasteiger partial charge in [-0.05, 0) is 38.0 Å². The van der Waals surface area contributed by atoms with E-state index >= 15 is 0 Å². The Morgan fingerprint density at radius 1 is 1.38 bits per heavy atom. The number of aromatic nitrogens is 1. The molecule has 3 rings (SSSR count). The van der Waals surface area contributed by atoms with E-state index < -0.39 is 5.41 Å². The Morgan fingerprint density at radius 3 is 2.86 bits per heavy atom. The fourth-order valence-corrected chi connectivity index (χ4v) is 4.56. The number of hydrogen-bond acceptors (Lipinski definition) is 4. The van der Waals surface area contributed by atoms with Crippen LogP contribution in [0, 0.1) is 0 Å². The second kappa shape index (κ2) is 6.05. The standard InChI is InChI=1S/C16H18BrNO2S/c1-2-20-15(19)16(8-4-3-5-9-16)14-18-12-10-11(17)6-7-13(12)21-14/h6-7,10H,2-5,8-9H2,1H3. The summed E-state index contributed by atoms with van der Waals surface area (Å²) in [7, 11) is 0. The summed E-state index contributed by atoms with van der Waals surface area (Å²) in [5.74, 6) is -0.0946. The van der Waals surface area contributed by atoms with Crippen molar-refractivity contribution in [2.45, 2.75) is 44.4 Å². The van der Waals surface area contributed by atoms with Gasteiger partial charge in [-0.15, -0.1) is 11.3 Å². The minimum absolute atomic E-state index is 0.0946. The molecular formula is C16H18BrNO2S. The van der Waals surface area contributed by atoms with Crippen LogP contribution in [0.25, 0.3) is 10.2 Å². The van der Waals surface area contributed by atoms with Gasteiger partial charge < -0.3 is 4.74 Å². The van der Waals surface area contributed by atoms with Gasteiger partial charge in [0.2, 0.25) is 0 Å². The highest BCUT2D eigenvalue weighted by atomic mass is 79.9. The van der Waals surface area contributed by atoms with Crippen LogP contribution in [-0.4, -0.2) is 17.6 Å². The van der Waals surface area contributed by atoms with Gasteiger partial charge in [-0.2, -0.15) is 0 Å². The van der Waals surface area contributed by atoms with E-state index in [1.165, 1.54) is 6.42 Å². The van der Waals surface area contributed by atoms with Gasteiger partial charge in [0, 0.05) is 4.47 Å². The number of ether oxygens (including phenoxy) is 1. The van der Waals surface area contributed by atoms with Crippen LogP contribution in [-0.2, 0) is 14.9 Å². The zero-order valence-electron chi connectivity index (χ0n) is 12.0. The maximum atomic E-state index is 12.6. The Kier molecular flexibility index (Phi) is 4.31. The highest BCUT2D eigenvalue weighted by Gasteiger charge is 2.45. The molecule has 2 aromatic rings. The van der Waals surface area contributed by atoms with Crippen molar-refractivity contribution in [3.05, 3.63) is 27.7 Å². The predicted molar refractivity (Wildman–Crippen MR) is 88.7 cm³/mol. The maximum Gasteiger partial charge on any atom is 0.319 e. The van der Waals surface area contributed by atoms with E-state index in [0.717, 1.165) is 45.4 Å². The summed E-state index contributed by atoms with van der Waals surface area (Å²) in [5.41, 5.74) is 0.434. The molecule has 5 heteroatoms. The van der Waals surface area contributed by atoms with Crippen molar-refractivity contribution in [2.75, 3.05) is 6.61 Å². The number of carbonyl (C=O) groups is 1. The van der Waals surface area contributed by atoms with E-state index in [0.29, 0.717) is 6.61 Å². The Hall–Kier alpha value is -0.940. The summed E-state index contributed by atoms with van der Waals surface area (Å²) in [6.45, 7) is 2.29. The van der Waals surface area contributed by atoms with Crippen molar-refractivity contribution in [3.63, 3.8) is 0 Å². The number of esters is 1. The Labute approximate surface area is 136 Å². The van der Waals surface area contributed by atoms with E-state index in [2.05, 4.69) is 22.0 Å². The first-order valence-electron chi connectivity index (χ1n) is 7.39. The number of nitrogens with zero attached hydrogens (tertiary/aromatic N) is 1. The van der Waals surface area contributed by atoms with Crippen LogP contribution in [0.2, 0.25) is 0 Å². The monoisotopic (exact) mass is 367 g/mol. The molecule has 3 nitrogen and oxygen atoms in total. The molecular weight excluding hydrogens is 350 g/mol. The van der Waals surface area contributed by atoms with Crippen molar-refractivity contribution >= 4 is 43.5 Å². The fraction of sp³-hybridized carbons (Fsp3) is 0.500. The Bertz CT molecular complexity index is 661. The van der Waals surface area contributed by atoms with Crippen LogP contribution >= 0.6 is 27.3 Å². The molecule has 0 atom stereocenters. The summed E-state index contributed by atoms with van der Waals surface area (Å²) in [5, 5.41) is 0.925. The highest BCUT2D eigenvalue weighted by Crippen LogP contribution is 2.43. The lowest BCUT2D eigenvalue weighted by molar-refractivity contribution is -0.151. The minimum Gasteiger partial charge on any atom is -0.465 e. The topological polar surface area (TPSA) is 39.2 Å². The third-order valence-corrected chi connectivity index (χ3v) is 5.87. The molecule has 0 amide bonds. The molecule has 0 unspecified atom stereocenters. The lowest BCUT2D eigenvalue weighted by Gasteiger charge is -2.32. The van der Waals surface area contributed by atoms with Crippen molar-refractivity contribution in [1.82, 2.24) is 4.98 Å². The molecule has 1 aromatic carbocycles. The molecule has 21 heavy (non-hydrogen) atoms. The molecule has 1 fully saturated rings. The van der Waals surface area contributed by atoms with Crippen LogP contribution in [0.15, 0.2) is 22.7 Å². The van der Waals surface area contributed by atoms with Gasteiger partial charge in [0.15, 0.2) is 0 Å². The van der Waals surface area contributed by atoms with Gasteiger partial charge >= 0.3 is 5.97 Å². The Morgan fingerprint density at radius 2 is 2.14 bits per heavy atom. The predicted octanol–water partition coefficient (Wildman–Crippen LogP) is 4.82. The molecule has 1 saturated carbocycles.